The standard InChI is InChI=1S/C12H17NO/c14-12(10-4-2-1-3-5-10)11-6-8-13-9-7-11/h1-5,11-14H,6-9H2/p+1/t12-/m0/s1. The van der Waals surface area contributed by atoms with Crippen LogP contribution in [0, 0.1) is 5.92 Å². The molecule has 76 valence electrons. The van der Waals surface area contributed by atoms with Crippen LogP contribution in [-0.2, 0) is 0 Å². The summed E-state index contributed by atoms with van der Waals surface area (Å²) in [6.07, 6.45) is 2.01. The Morgan fingerprint density at radius 2 is 1.79 bits per heavy atom. The van der Waals surface area contributed by atoms with Gasteiger partial charge in [0.2, 0.25) is 0 Å². The van der Waals surface area contributed by atoms with Gasteiger partial charge in [0.05, 0.1) is 19.2 Å². The molecule has 0 spiro atoms. The molecule has 2 rings (SSSR count). The van der Waals surface area contributed by atoms with Gasteiger partial charge in [-0.15, -0.1) is 0 Å². The zero-order valence-electron chi connectivity index (χ0n) is 8.39. The summed E-state index contributed by atoms with van der Waals surface area (Å²) < 4.78 is 0. The lowest BCUT2D eigenvalue weighted by Crippen LogP contribution is -2.86. The Hall–Kier alpha value is -0.860. The molecule has 0 radical (unpaired) electrons. The zero-order chi connectivity index (χ0) is 9.80. The summed E-state index contributed by atoms with van der Waals surface area (Å²) in [5, 5.41) is 12.5. The molecule has 1 atom stereocenters. The number of benzene rings is 1. The van der Waals surface area contributed by atoms with Crippen LogP contribution in [0.3, 0.4) is 0 Å². The lowest BCUT2D eigenvalue weighted by atomic mass is 9.88. The number of aliphatic hydroxyl groups excluding tert-OH is 1. The Morgan fingerprint density at radius 1 is 1.14 bits per heavy atom. The van der Waals surface area contributed by atoms with Crippen molar-refractivity contribution < 1.29 is 10.4 Å². The maximum Gasteiger partial charge on any atom is 0.0822 e. The smallest absolute Gasteiger partial charge is 0.0822 e. The van der Waals surface area contributed by atoms with E-state index in [9.17, 15) is 5.11 Å². The van der Waals surface area contributed by atoms with Gasteiger partial charge in [-0.3, -0.25) is 0 Å². The second kappa shape index (κ2) is 4.58. The number of aliphatic hydroxyl groups is 1. The summed E-state index contributed by atoms with van der Waals surface area (Å²) in [7, 11) is 0. The monoisotopic (exact) mass is 192 g/mol. The van der Waals surface area contributed by atoms with Crippen molar-refractivity contribution in [2.75, 3.05) is 13.1 Å². The fourth-order valence-corrected chi connectivity index (χ4v) is 2.19. The van der Waals surface area contributed by atoms with E-state index in [-0.39, 0.29) is 6.10 Å². The molecule has 1 aliphatic heterocycles. The predicted octanol–water partition coefficient (Wildman–Crippen LogP) is 0.693. The van der Waals surface area contributed by atoms with Crippen molar-refractivity contribution in [1.82, 2.24) is 0 Å². The van der Waals surface area contributed by atoms with Crippen molar-refractivity contribution in [1.29, 1.82) is 0 Å². The number of hydrogen-bond acceptors (Lipinski definition) is 1. The maximum atomic E-state index is 10.1. The van der Waals surface area contributed by atoms with E-state index in [1.165, 1.54) is 0 Å². The molecule has 1 heterocycles. The van der Waals surface area contributed by atoms with Crippen molar-refractivity contribution in [3.63, 3.8) is 0 Å². The Morgan fingerprint density at radius 3 is 2.43 bits per heavy atom. The number of quaternary nitrogens is 1. The van der Waals surface area contributed by atoms with E-state index in [1.54, 1.807) is 0 Å². The third-order valence-electron chi connectivity index (χ3n) is 3.07. The Bertz CT molecular complexity index is 267. The Balaban J connectivity index is 2.03. The van der Waals surface area contributed by atoms with Crippen LogP contribution in [-0.4, -0.2) is 18.2 Å². The van der Waals surface area contributed by atoms with Crippen LogP contribution in [0.5, 0.6) is 0 Å². The van der Waals surface area contributed by atoms with Gasteiger partial charge in [-0.2, -0.15) is 0 Å². The SMILES string of the molecule is O[C@@H](c1ccccc1)C1CC[NH2+]CC1. The first kappa shape index (κ1) is 9.69. The average Bonchev–Trinajstić information content (AvgIpc) is 2.30. The van der Waals surface area contributed by atoms with Gasteiger partial charge >= 0.3 is 0 Å². The summed E-state index contributed by atoms with van der Waals surface area (Å²) in [6, 6.07) is 10.0. The molecule has 2 nitrogen and oxygen atoms in total. The van der Waals surface area contributed by atoms with Crippen LogP contribution in [0.25, 0.3) is 0 Å². The van der Waals surface area contributed by atoms with E-state index in [4.69, 9.17) is 0 Å². The third kappa shape index (κ3) is 2.14. The van der Waals surface area contributed by atoms with Crippen LogP contribution in [0.2, 0.25) is 0 Å². The minimum absolute atomic E-state index is 0.259. The van der Waals surface area contributed by atoms with E-state index < -0.39 is 0 Å². The molecule has 14 heavy (non-hydrogen) atoms. The highest BCUT2D eigenvalue weighted by molar-refractivity contribution is 5.17. The van der Waals surface area contributed by atoms with Crippen molar-refractivity contribution in [3.8, 4) is 0 Å². The molecule has 2 heteroatoms. The quantitative estimate of drug-likeness (QED) is 0.711. The van der Waals surface area contributed by atoms with Gasteiger partial charge in [0, 0.05) is 12.8 Å². The van der Waals surface area contributed by atoms with Gasteiger partial charge in [0.1, 0.15) is 0 Å². The van der Waals surface area contributed by atoms with Crippen LogP contribution < -0.4 is 5.32 Å². The molecule has 0 aromatic heterocycles. The van der Waals surface area contributed by atoms with E-state index in [0.717, 1.165) is 31.5 Å². The summed E-state index contributed by atoms with van der Waals surface area (Å²) >= 11 is 0. The molecule has 0 bridgehead atoms. The molecule has 0 amide bonds. The second-order valence-electron chi connectivity index (χ2n) is 4.06. The van der Waals surface area contributed by atoms with Crippen molar-refractivity contribution in [3.05, 3.63) is 35.9 Å². The highest BCUT2D eigenvalue weighted by Gasteiger charge is 2.24. The van der Waals surface area contributed by atoms with Crippen LogP contribution >= 0.6 is 0 Å². The maximum absolute atomic E-state index is 10.1. The molecule has 1 aliphatic rings. The summed E-state index contributed by atoms with van der Waals surface area (Å²) in [5.74, 6) is 0.461. The van der Waals surface area contributed by atoms with Crippen LogP contribution in [0.4, 0.5) is 0 Å². The summed E-state index contributed by atoms with van der Waals surface area (Å²) in [5.41, 5.74) is 1.07. The topological polar surface area (TPSA) is 36.8 Å². The number of piperidine rings is 1. The first-order valence-electron chi connectivity index (χ1n) is 5.42. The van der Waals surface area contributed by atoms with E-state index in [1.807, 2.05) is 30.3 Å². The first-order valence-corrected chi connectivity index (χ1v) is 5.42. The number of rotatable bonds is 2. The van der Waals surface area contributed by atoms with Crippen molar-refractivity contribution >= 4 is 0 Å². The van der Waals surface area contributed by atoms with Gasteiger partial charge in [-0.25, -0.2) is 0 Å². The Labute approximate surface area is 85.0 Å². The minimum Gasteiger partial charge on any atom is -0.388 e. The highest BCUT2D eigenvalue weighted by atomic mass is 16.3. The molecule has 0 unspecified atom stereocenters. The zero-order valence-corrected chi connectivity index (χ0v) is 8.39. The molecule has 1 saturated heterocycles. The molecule has 0 aliphatic carbocycles. The van der Waals surface area contributed by atoms with Gasteiger partial charge < -0.3 is 10.4 Å². The molecular formula is C12H18NO+. The van der Waals surface area contributed by atoms with Crippen molar-refractivity contribution in [2.45, 2.75) is 18.9 Å². The van der Waals surface area contributed by atoms with E-state index >= 15 is 0 Å². The molecular weight excluding hydrogens is 174 g/mol. The van der Waals surface area contributed by atoms with Gasteiger partial charge in [0.25, 0.3) is 0 Å². The lowest BCUT2D eigenvalue weighted by molar-refractivity contribution is -0.665. The van der Waals surface area contributed by atoms with Crippen LogP contribution in [0.1, 0.15) is 24.5 Å². The average molecular weight is 192 g/mol. The van der Waals surface area contributed by atoms with E-state index in [0.29, 0.717) is 5.92 Å². The minimum atomic E-state index is -0.259. The fourth-order valence-electron chi connectivity index (χ4n) is 2.19. The highest BCUT2D eigenvalue weighted by Crippen LogP contribution is 2.27. The third-order valence-corrected chi connectivity index (χ3v) is 3.07. The van der Waals surface area contributed by atoms with Crippen LogP contribution in [0.15, 0.2) is 30.3 Å². The van der Waals surface area contributed by atoms with Gasteiger partial charge in [-0.05, 0) is 11.5 Å². The lowest BCUT2D eigenvalue weighted by Gasteiger charge is -2.25. The fraction of sp³-hybridized carbons (Fsp3) is 0.500. The first-order chi connectivity index (χ1) is 6.88. The predicted molar refractivity (Wildman–Crippen MR) is 55.8 cm³/mol. The molecule has 3 N–H and O–H groups in total. The molecule has 1 aromatic carbocycles. The van der Waals surface area contributed by atoms with Crippen molar-refractivity contribution in [2.24, 2.45) is 5.92 Å². The van der Waals surface area contributed by atoms with E-state index in [2.05, 4.69) is 5.32 Å². The molecule has 1 aromatic rings. The number of nitrogens with two attached hydrogens (primary N) is 1. The summed E-state index contributed by atoms with van der Waals surface area (Å²) in [4.78, 5) is 0. The van der Waals surface area contributed by atoms with Gasteiger partial charge in [0.15, 0.2) is 0 Å². The number of hydrogen-bond donors (Lipinski definition) is 2. The second-order valence-corrected chi connectivity index (χ2v) is 4.06. The molecule has 1 fully saturated rings. The normalized spacial score (nSPS) is 20.6. The largest absolute Gasteiger partial charge is 0.388 e. The van der Waals surface area contributed by atoms with Gasteiger partial charge in [-0.1, -0.05) is 30.3 Å². The Kier molecular flexibility index (Phi) is 3.17. The summed E-state index contributed by atoms with van der Waals surface area (Å²) in [6.45, 7) is 2.32. The molecule has 0 saturated carbocycles.